The molecule has 4 aromatic rings. The normalized spacial score (nSPS) is 11.0. The summed E-state index contributed by atoms with van der Waals surface area (Å²) in [5, 5.41) is 0.762. The Kier molecular flexibility index (Phi) is 5.45. The van der Waals surface area contributed by atoms with Gasteiger partial charge in [0.1, 0.15) is 0 Å². The van der Waals surface area contributed by atoms with Crippen LogP contribution in [0.15, 0.2) is 66.7 Å². The van der Waals surface area contributed by atoms with Crippen molar-refractivity contribution < 1.29 is 4.79 Å². The summed E-state index contributed by atoms with van der Waals surface area (Å²) in [6.45, 7) is 6.74. The van der Waals surface area contributed by atoms with E-state index in [1.54, 1.807) is 11.3 Å². The maximum atomic E-state index is 13.3. The summed E-state index contributed by atoms with van der Waals surface area (Å²) in [5.74, 6) is 0.0621. The molecule has 4 heteroatoms. The zero-order valence-electron chi connectivity index (χ0n) is 17.0. The van der Waals surface area contributed by atoms with Crippen LogP contribution in [0.2, 0.25) is 0 Å². The van der Waals surface area contributed by atoms with Gasteiger partial charge < -0.3 is 0 Å². The monoisotopic (exact) mass is 400 g/mol. The van der Waals surface area contributed by atoms with Gasteiger partial charge in [-0.3, -0.25) is 9.69 Å². The van der Waals surface area contributed by atoms with Gasteiger partial charge >= 0.3 is 0 Å². The zero-order chi connectivity index (χ0) is 20.4. The summed E-state index contributed by atoms with van der Waals surface area (Å²) in [5.41, 5.74) is 6.63. The molecule has 1 aromatic heterocycles. The summed E-state index contributed by atoms with van der Waals surface area (Å²) in [6.07, 6.45) is 0.362. The predicted molar refractivity (Wildman–Crippen MR) is 122 cm³/mol. The Balaban J connectivity index is 1.72. The largest absolute Gasteiger partial charge is 0.283 e. The lowest BCUT2D eigenvalue weighted by atomic mass is 10.1. The zero-order valence-corrected chi connectivity index (χ0v) is 17.8. The summed E-state index contributed by atoms with van der Waals surface area (Å²) in [7, 11) is 0. The number of rotatable bonds is 5. The van der Waals surface area contributed by atoms with Crippen LogP contribution in [0.3, 0.4) is 0 Å². The number of fused-ring (bicyclic) bond motifs is 1. The van der Waals surface area contributed by atoms with Crippen molar-refractivity contribution in [2.24, 2.45) is 0 Å². The minimum atomic E-state index is 0.0621. The first kappa shape index (κ1) is 19.3. The van der Waals surface area contributed by atoms with Crippen molar-refractivity contribution in [3.8, 4) is 0 Å². The third-order valence-electron chi connectivity index (χ3n) is 5.12. The van der Waals surface area contributed by atoms with Gasteiger partial charge in [0, 0.05) is 0 Å². The molecule has 0 saturated carbocycles. The van der Waals surface area contributed by atoms with Crippen molar-refractivity contribution in [2.75, 3.05) is 4.90 Å². The molecule has 0 atom stereocenters. The molecule has 0 fully saturated rings. The summed E-state index contributed by atoms with van der Waals surface area (Å²) >= 11 is 1.60. The highest BCUT2D eigenvalue weighted by Gasteiger charge is 2.21. The fourth-order valence-electron chi connectivity index (χ4n) is 3.37. The summed E-state index contributed by atoms with van der Waals surface area (Å²) in [4.78, 5) is 20.0. The van der Waals surface area contributed by atoms with Gasteiger partial charge in [0.2, 0.25) is 5.91 Å². The minimum absolute atomic E-state index is 0.0621. The van der Waals surface area contributed by atoms with Gasteiger partial charge in [0.15, 0.2) is 5.13 Å². The first-order valence-corrected chi connectivity index (χ1v) is 10.6. The minimum Gasteiger partial charge on any atom is -0.283 e. The highest BCUT2D eigenvalue weighted by molar-refractivity contribution is 7.22. The SMILES string of the molecule is Cc1ccc(CC(=O)N(Cc2ccccc2)c2nc3c(C)ccc(C)c3s2)cc1. The maximum Gasteiger partial charge on any atom is 0.233 e. The Morgan fingerprint density at radius 1 is 0.862 bits per heavy atom. The van der Waals surface area contributed by atoms with Crippen LogP contribution in [0.25, 0.3) is 10.2 Å². The standard InChI is InChI=1S/C25H24N2OS/c1-17-9-13-20(14-10-17)15-22(28)27(16-21-7-5-4-6-8-21)25-26-23-18(2)11-12-19(3)24(23)29-25/h4-14H,15-16H2,1-3H3. The molecule has 146 valence electrons. The Morgan fingerprint density at radius 2 is 1.55 bits per heavy atom. The molecule has 0 aliphatic heterocycles. The second-order valence-electron chi connectivity index (χ2n) is 7.50. The number of benzene rings is 3. The third kappa shape index (κ3) is 4.22. The first-order valence-electron chi connectivity index (χ1n) is 9.78. The molecule has 0 aliphatic rings. The van der Waals surface area contributed by atoms with Crippen molar-refractivity contribution in [3.63, 3.8) is 0 Å². The van der Waals surface area contributed by atoms with E-state index in [1.165, 1.54) is 11.1 Å². The molecule has 0 bridgehead atoms. The second-order valence-corrected chi connectivity index (χ2v) is 8.48. The number of hydrogen-bond acceptors (Lipinski definition) is 3. The van der Waals surface area contributed by atoms with Crippen molar-refractivity contribution in [1.29, 1.82) is 0 Å². The van der Waals surface area contributed by atoms with Gasteiger partial charge in [-0.1, -0.05) is 83.6 Å². The molecule has 0 radical (unpaired) electrons. The van der Waals surface area contributed by atoms with Crippen molar-refractivity contribution in [2.45, 2.75) is 33.7 Å². The number of anilines is 1. The molecular weight excluding hydrogens is 376 g/mol. The van der Waals surface area contributed by atoms with Crippen LogP contribution in [0.4, 0.5) is 5.13 Å². The van der Waals surface area contributed by atoms with Gasteiger partial charge in [0.05, 0.1) is 23.2 Å². The fraction of sp³-hybridized carbons (Fsp3) is 0.200. The molecule has 3 nitrogen and oxygen atoms in total. The number of aromatic nitrogens is 1. The first-order chi connectivity index (χ1) is 14.0. The van der Waals surface area contributed by atoms with Crippen molar-refractivity contribution >= 4 is 32.6 Å². The Labute approximate surface area is 175 Å². The lowest BCUT2D eigenvalue weighted by Crippen LogP contribution is -2.31. The van der Waals surface area contributed by atoms with Gasteiger partial charge in [-0.05, 0) is 43.0 Å². The van der Waals surface area contributed by atoms with Crippen LogP contribution in [0.1, 0.15) is 27.8 Å². The maximum absolute atomic E-state index is 13.3. The van der Waals surface area contributed by atoms with E-state index in [-0.39, 0.29) is 5.91 Å². The second kappa shape index (κ2) is 8.18. The number of nitrogens with zero attached hydrogens (tertiary/aromatic N) is 2. The van der Waals surface area contributed by atoms with Crippen LogP contribution in [-0.2, 0) is 17.8 Å². The van der Waals surface area contributed by atoms with Crippen LogP contribution in [0, 0.1) is 20.8 Å². The lowest BCUT2D eigenvalue weighted by molar-refractivity contribution is -0.118. The Bertz CT molecular complexity index is 1110. The van der Waals surface area contributed by atoms with Crippen molar-refractivity contribution in [3.05, 3.63) is 94.5 Å². The van der Waals surface area contributed by atoms with Crippen LogP contribution in [-0.4, -0.2) is 10.9 Å². The summed E-state index contributed by atoms with van der Waals surface area (Å²) < 4.78 is 1.15. The highest BCUT2D eigenvalue weighted by Crippen LogP contribution is 2.34. The van der Waals surface area contributed by atoms with Gasteiger partial charge in [-0.2, -0.15) is 0 Å². The number of thiazole rings is 1. The van der Waals surface area contributed by atoms with E-state index >= 15 is 0 Å². The van der Waals surface area contributed by atoms with Crippen LogP contribution >= 0.6 is 11.3 Å². The number of carbonyl (C=O) groups is 1. The van der Waals surface area contributed by atoms with Crippen molar-refractivity contribution in [1.82, 2.24) is 4.98 Å². The predicted octanol–water partition coefficient (Wildman–Crippen LogP) is 6.00. The van der Waals surface area contributed by atoms with Gasteiger partial charge in [0.25, 0.3) is 0 Å². The molecule has 0 aliphatic carbocycles. The van der Waals surface area contributed by atoms with E-state index in [0.717, 1.165) is 32.0 Å². The molecule has 0 N–H and O–H groups in total. The molecule has 1 amide bonds. The van der Waals surface area contributed by atoms with Gasteiger partial charge in [-0.15, -0.1) is 0 Å². The quantitative estimate of drug-likeness (QED) is 0.412. The highest BCUT2D eigenvalue weighted by atomic mass is 32.1. The molecule has 0 spiro atoms. The van der Waals surface area contributed by atoms with Gasteiger partial charge in [-0.25, -0.2) is 4.98 Å². The fourth-order valence-corrected chi connectivity index (χ4v) is 4.50. The topological polar surface area (TPSA) is 33.2 Å². The van der Waals surface area contributed by atoms with E-state index in [1.807, 2.05) is 35.2 Å². The molecule has 29 heavy (non-hydrogen) atoms. The number of aryl methyl sites for hydroxylation is 3. The number of amides is 1. The average Bonchev–Trinajstić information content (AvgIpc) is 3.18. The smallest absolute Gasteiger partial charge is 0.233 e. The number of hydrogen-bond donors (Lipinski definition) is 0. The van der Waals surface area contributed by atoms with E-state index in [0.29, 0.717) is 13.0 Å². The van der Waals surface area contributed by atoms with Crippen LogP contribution in [0.5, 0.6) is 0 Å². The van der Waals surface area contributed by atoms with E-state index in [9.17, 15) is 4.79 Å². The molecule has 1 heterocycles. The van der Waals surface area contributed by atoms with E-state index < -0.39 is 0 Å². The Hall–Kier alpha value is -2.98. The average molecular weight is 401 g/mol. The number of carbonyl (C=O) groups excluding carboxylic acids is 1. The molecular formula is C25H24N2OS. The lowest BCUT2D eigenvalue weighted by Gasteiger charge is -2.20. The van der Waals surface area contributed by atoms with E-state index in [2.05, 4.69) is 57.2 Å². The third-order valence-corrected chi connectivity index (χ3v) is 6.34. The summed E-state index contributed by atoms with van der Waals surface area (Å²) in [6, 6.07) is 22.5. The molecule has 3 aromatic carbocycles. The molecule has 0 unspecified atom stereocenters. The Morgan fingerprint density at radius 3 is 2.24 bits per heavy atom. The molecule has 0 saturated heterocycles. The van der Waals surface area contributed by atoms with E-state index in [4.69, 9.17) is 4.98 Å². The van der Waals surface area contributed by atoms with Crippen LogP contribution < -0.4 is 4.90 Å². The molecule has 4 rings (SSSR count).